The smallest absolute Gasteiger partial charge is 0.242 e. The van der Waals surface area contributed by atoms with Crippen LogP contribution in [-0.4, -0.2) is 50.0 Å². The number of sulfonamides is 1. The number of halogens is 1. The highest BCUT2D eigenvalue weighted by Gasteiger charge is 2.29. The number of nitrogens with one attached hydrogen (secondary N) is 1. The van der Waals surface area contributed by atoms with E-state index in [0.717, 1.165) is 42.4 Å². The summed E-state index contributed by atoms with van der Waals surface area (Å²) in [5, 5.41) is 3.62. The lowest BCUT2D eigenvalue weighted by Crippen LogP contribution is -2.49. The predicted octanol–water partition coefficient (Wildman–Crippen LogP) is 4.98. The first-order chi connectivity index (χ1) is 17.5. The van der Waals surface area contributed by atoms with Gasteiger partial charge >= 0.3 is 0 Å². The highest BCUT2D eigenvalue weighted by Crippen LogP contribution is 2.26. The van der Waals surface area contributed by atoms with Gasteiger partial charge in [-0.15, -0.1) is 0 Å². The predicted molar refractivity (Wildman–Crippen MR) is 149 cm³/mol. The van der Waals surface area contributed by atoms with Crippen molar-refractivity contribution in [3.63, 3.8) is 0 Å². The van der Waals surface area contributed by atoms with Gasteiger partial charge in [0, 0.05) is 30.6 Å². The second-order valence-corrected chi connectivity index (χ2v) is 12.3. The molecule has 1 aliphatic rings. The Bertz CT molecular complexity index is 1210. The van der Waals surface area contributed by atoms with E-state index in [2.05, 4.69) is 5.32 Å². The van der Waals surface area contributed by atoms with Crippen LogP contribution in [0.25, 0.3) is 0 Å². The normalized spacial score (nSPS) is 14.8. The number of carbonyl (C=O) groups is 2. The van der Waals surface area contributed by atoms with Crippen molar-refractivity contribution in [2.75, 3.05) is 17.1 Å². The Labute approximate surface area is 226 Å². The Hall–Kier alpha value is -2.58. The monoisotopic (exact) mass is 547 g/mol. The second kappa shape index (κ2) is 12.8. The van der Waals surface area contributed by atoms with E-state index in [1.807, 2.05) is 44.2 Å². The summed E-state index contributed by atoms with van der Waals surface area (Å²) in [4.78, 5) is 28.1. The SMILES string of the molecule is Cc1cccc(N(CCCC(=O)N(Cc2ccccc2Cl)C(C)C(=O)NC2CCCC2)S(C)(=O)=O)c1C. The molecule has 37 heavy (non-hydrogen) atoms. The third kappa shape index (κ3) is 7.71. The molecule has 0 bridgehead atoms. The molecule has 202 valence electrons. The van der Waals surface area contributed by atoms with E-state index in [4.69, 9.17) is 11.6 Å². The largest absolute Gasteiger partial charge is 0.352 e. The second-order valence-electron chi connectivity index (χ2n) is 9.94. The summed E-state index contributed by atoms with van der Waals surface area (Å²) >= 11 is 6.37. The Morgan fingerprint density at radius 1 is 1.08 bits per heavy atom. The summed E-state index contributed by atoms with van der Waals surface area (Å²) in [5.41, 5.74) is 3.26. The third-order valence-corrected chi connectivity index (χ3v) is 8.71. The molecule has 2 aromatic rings. The Morgan fingerprint density at radius 2 is 1.76 bits per heavy atom. The highest BCUT2D eigenvalue weighted by molar-refractivity contribution is 7.92. The van der Waals surface area contributed by atoms with Crippen LogP contribution in [-0.2, 0) is 26.2 Å². The standard InChI is InChI=1S/C28H38ClN3O4S/c1-20-11-9-16-26(21(20)2)32(37(4,35)36)18-10-17-27(33)31(19-23-12-5-8-15-25(23)29)22(3)28(34)30-24-13-6-7-14-24/h5,8-9,11-12,15-16,22,24H,6-7,10,13-14,17-19H2,1-4H3,(H,30,34). The van der Waals surface area contributed by atoms with Gasteiger partial charge in [-0.1, -0.05) is 54.8 Å². The molecule has 2 aromatic carbocycles. The lowest BCUT2D eigenvalue weighted by Gasteiger charge is -2.30. The maximum absolute atomic E-state index is 13.5. The highest BCUT2D eigenvalue weighted by atomic mass is 35.5. The summed E-state index contributed by atoms with van der Waals surface area (Å²) in [5.74, 6) is -0.399. The minimum absolute atomic E-state index is 0.0996. The van der Waals surface area contributed by atoms with E-state index in [0.29, 0.717) is 17.1 Å². The first kappa shape index (κ1) is 29.0. The van der Waals surface area contributed by atoms with Crippen LogP contribution in [0.4, 0.5) is 5.69 Å². The van der Waals surface area contributed by atoms with E-state index in [-0.39, 0.29) is 37.4 Å². The molecular formula is C28H38ClN3O4S. The van der Waals surface area contributed by atoms with Gasteiger partial charge in [-0.3, -0.25) is 13.9 Å². The van der Waals surface area contributed by atoms with Crippen LogP contribution >= 0.6 is 11.6 Å². The molecule has 0 aliphatic heterocycles. The molecule has 3 rings (SSSR count). The molecular weight excluding hydrogens is 510 g/mol. The van der Waals surface area contributed by atoms with Gasteiger partial charge in [0.1, 0.15) is 6.04 Å². The molecule has 0 spiro atoms. The first-order valence-corrected chi connectivity index (χ1v) is 15.1. The number of nitrogens with zero attached hydrogens (tertiary/aromatic N) is 2. The summed E-state index contributed by atoms with van der Waals surface area (Å²) in [6, 6.07) is 12.3. The summed E-state index contributed by atoms with van der Waals surface area (Å²) in [7, 11) is -3.55. The van der Waals surface area contributed by atoms with E-state index >= 15 is 0 Å². The van der Waals surface area contributed by atoms with Crippen molar-refractivity contribution in [1.29, 1.82) is 0 Å². The fourth-order valence-electron chi connectivity index (χ4n) is 4.77. The van der Waals surface area contributed by atoms with Crippen LogP contribution < -0.4 is 9.62 Å². The number of benzene rings is 2. The number of carbonyl (C=O) groups excluding carboxylic acids is 2. The van der Waals surface area contributed by atoms with Crippen LogP contribution in [0.1, 0.15) is 62.1 Å². The summed E-state index contributed by atoms with van der Waals surface area (Å²) in [6.07, 6.45) is 5.69. The molecule has 1 aliphatic carbocycles. The minimum atomic E-state index is -3.55. The van der Waals surface area contributed by atoms with Gasteiger partial charge in [-0.25, -0.2) is 8.42 Å². The number of hydrogen-bond donors (Lipinski definition) is 1. The molecule has 1 unspecified atom stereocenters. The zero-order valence-corrected chi connectivity index (χ0v) is 23.7. The van der Waals surface area contributed by atoms with Crippen LogP contribution in [0.2, 0.25) is 5.02 Å². The maximum Gasteiger partial charge on any atom is 0.242 e. The number of rotatable bonds is 11. The minimum Gasteiger partial charge on any atom is -0.352 e. The zero-order valence-electron chi connectivity index (χ0n) is 22.2. The average Bonchev–Trinajstić information content (AvgIpc) is 3.35. The molecule has 0 aromatic heterocycles. The quantitative estimate of drug-likeness (QED) is 0.430. The maximum atomic E-state index is 13.5. The topological polar surface area (TPSA) is 86.8 Å². The van der Waals surface area contributed by atoms with E-state index in [1.165, 1.54) is 10.6 Å². The molecule has 7 nitrogen and oxygen atoms in total. The Balaban J connectivity index is 1.75. The van der Waals surface area contributed by atoms with Gasteiger partial charge in [-0.05, 0) is 68.9 Å². The van der Waals surface area contributed by atoms with Crippen molar-refractivity contribution >= 4 is 39.1 Å². The molecule has 9 heteroatoms. The van der Waals surface area contributed by atoms with Gasteiger partial charge in [-0.2, -0.15) is 0 Å². The molecule has 0 radical (unpaired) electrons. The number of hydrogen-bond acceptors (Lipinski definition) is 4. The van der Waals surface area contributed by atoms with Crippen molar-refractivity contribution in [2.24, 2.45) is 0 Å². The summed E-state index contributed by atoms with van der Waals surface area (Å²) < 4.78 is 26.6. The van der Waals surface area contributed by atoms with Crippen LogP contribution in [0.15, 0.2) is 42.5 Å². The van der Waals surface area contributed by atoms with Crippen LogP contribution in [0.5, 0.6) is 0 Å². The lowest BCUT2D eigenvalue weighted by atomic mass is 10.1. The number of anilines is 1. The van der Waals surface area contributed by atoms with Gasteiger partial charge in [0.15, 0.2) is 0 Å². The fraction of sp³-hybridized carbons (Fsp3) is 0.500. The van der Waals surface area contributed by atoms with Crippen molar-refractivity contribution in [1.82, 2.24) is 10.2 Å². The van der Waals surface area contributed by atoms with Gasteiger partial charge in [0.25, 0.3) is 0 Å². The van der Waals surface area contributed by atoms with Crippen molar-refractivity contribution in [3.05, 3.63) is 64.2 Å². The average molecular weight is 548 g/mol. The van der Waals surface area contributed by atoms with Gasteiger partial charge in [0.2, 0.25) is 21.8 Å². The fourth-order valence-corrected chi connectivity index (χ4v) is 5.98. The zero-order chi connectivity index (χ0) is 27.2. The molecule has 1 fully saturated rings. The number of amides is 2. The Kier molecular flexibility index (Phi) is 10.0. The first-order valence-electron chi connectivity index (χ1n) is 12.9. The summed E-state index contributed by atoms with van der Waals surface area (Å²) in [6.45, 7) is 5.93. The molecule has 0 heterocycles. The van der Waals surface area contributed by atoms with Crippen molar-refractivity contribution in [2.45, 2.75) is 77.9 Å². The Morgan fingerprint density at radius 3 is 2.41 bits per heavy atom. The van der Waals surface area contributed by atoms with E-state index in [9.17, 15) is 18.0 Å². The van der Waals surface area contributed by atoms with Crippen LogP contribution in [0, 0.1) is 13.8 Å². The molecule has 2 amide bonds. The molecule has 1 N–H and O–H groups in total. The van der Waals surface area contributed by atoms with Crippen molar-refractivity contribution in [3.8, 4) is 0 Å². The number of aryl methyl sites for hydroxylation is 1. The molecule has 0 saturated heterocycles. The van der Waals surface area contributed by atoms with E-state index < -0.39 is 16.1 Å². The molecule has 1 saturated carbocycles. The lowest BCUT2D eigenvalue weighted by molar-refractivity contribution is -0.140. The molecule has 1 atom stereocenters. The van der Waals surface area contributed by atoms with Gasteiger partial charge < -0.3 is 10.2 Å². The third-order valence-electron chi connectivity index (χ3n) is 7.16. The van der Waals surface area contributed by atoms with Crippen LogP contribution in [0.3, 0.4) is 0 Å². The van der Waals surface area contributed by atoms with Gasteiger partial charge in [0.05, 0.1) is 11.9 Å². The van der Waals surface area contributed by atoms with E-state index in [1.54, 1.807) is 24.0 Å². The van der Waals surface area contributed by atoms with Crippen molar-refractivity contribution < 1.29 is 18.0 Å².